The largest absolute Gasteiger partial charge is 0.457 e. The molecule has 0 radical (unpaired) electrons. The van der Waals surface area contributed by atoms with Crippen molar-refractivity contribution in [1.82, 2.24) is 0 Å². The van der Waals surface area contributed by atoms with Gasteiger partial charge in [0, 0.05) is 12.0 Å². The summed E-state index contributed by atoms with van der Waals surface area (Å²) in [5.41, 5.74) is 0.726. The molecule has 0 aromatic heterocycles. The molecule has 1 fully saturated rings. The minimum Gasteiger partial charge on any atom is -0.457 e. The molecule has 2 atom stereocenters. The first-order chi connectivity index (χ1) is 10.7. The van der Waals surface area contributed by atoms with E-state index < -0.39 is 0 Å². The molecule has 1 aliphatic heterocycles. The zero-order chi connectivity index (χ0) is 15.4. The smallest absolute Gasteiger partial charge is 0.127 e. The van der Waals surface area contributed by atoms with E-state index in [1.165, 1.54) is 0 Å². The molecule has 22 heavy (non-hydrogen) atoms. The van der Waals surface area contributed by atoms with Crippen molar-refractivity contribution in [3.8, 4) is 11.5 Å². The van der Waals surface area contributed by atoms with Crippen LogP contribution in [0.15, 0.2) is 54.6 Å². The van der Waals surface area contributed by atoms with E-state index in [9.17, 15) is 5.11 Å². The molecular weight excluding hydrogens is 276 g/mol. The Morgan fingerprint density at radius 3 is 2.36 bits per heavy atom. The predicted octanol–water partition coefficient (Wildman–Crippen LogP) is 3.91. The summed E-state index contributed by atoms with van der Waals surface area (Å²) in [6.07, 6.45) is 2.15. The molecule has 0 bridgehead atoms. The van der Waals surface area contributed by atoms with Crippen molar-refractivity contribution < 1.29 is 14.6 Å². The van der Waals surface area contributed by atoms with Crippen LogP contribution in [0, 0.1) is 0 Å². The van der Waals surface area contributed by atoms with E-state index in [0.29, 0.717) is 0 Å². The number of hydrogen-bond acceptors (Lipinski definition) is 3. The van der Waals surface area contributed by atoms with Gasteiger partial charge in [0.2, 0.25) is 0 Å². The molecule has 0 spiro atoms. The molecular formula is C19H22O3. The first-order valence-electron chi connectivity index (χ1n) is 7.78. The number of rotatable bonds is 5. The van der Waals surface area contributed by atoms with E-state index in [1.807, 2.05) is 54.6 Å². The molecule has 3 nitrogen and oxygen atoms in total. The molecule has 2 aromatic carbocycles. The molecule has 2 unspecified atom stereocenters. The molecule has 1 saturated heterocycles. The summed E-state index contributed by atoms with van der Waals surface area (Å²) in [5.74, 6) is 1.61. The molecule has 116 valence electrons. The SMILES string of the molecule is CC(CO)(c1ccc(Oc2ccccc2)cc1)C1CCCO1. The average molecular weight is 298 g/mol. The number of aliphatic hydroxyl groups excluding tert-OH is 1. The summed E-state index contributed by atoms with van der Waals surface area (Å²) in [4.78, 5) is 0. The highest BCUT2D eigenvalue weighted by Crippen LogP contribution is 2.35. The molecule has 1 N–H and O–H groups in total. The second-order valence-electron chi connectivity index (χ2n) is 6.02. The third-order valence-electron chi connectivity index (χ3n) is 4.46. The summed E-state index contributed by atoms with van der Waals surface area (Å²) < 4.78 is 11.6. The number of hydrogen-bond donors (Lipinski definition) is 1. The van der Waals surface area contributed by atoms with Crippen LogP contribution in [-0.2, 0) is 10.2 Å². The average Bonchev–Trinajstić information content (AvgIpc) is 3.11. The molecule has 3 rings (SSSR count). The standard InChI is InChI=1S/C19H22O3/c1-19(14-20,18-8-5-13-21-18)15-9-11-17(12-10-15)22-16-6-3-2-4-7-16/h2-4,6-7,9-12,18,20H,5,8,13-14H2,1H3. The zero-order valence-corrected chi connectivity index (χ0v) is 12.9. The van der Waals surface area contributed by atoms with Crippen LogP contribution in [0.2, 0.25) is 0 Å². The van der Waals surface area contributed by atoms with Gasteiger partial charge in [-0.25, -0.2) is 0 Å². The monoisotopic (exact) mass is 298 g/mol. The Morgan fingerprint density at radius 1 is 1.09 bits per heavy atom. The van der Waals surface area contributed by atoms with E-state index in [1.54, 1.807) is 0 Å². The summed E-state index contributed by atoms with van der Waals surface area (Å²) in [6.45, 7) is 2.93. The first-order valence-corrected chi connectivity index (χ1v) is 7.78. The Labute approximate surface area is 131 Å². The lowest BCUT2D eigenvalue weighted by Gasteiger charge is -2.33. The van der Waals surface area contributed by atoms with E-state index in [-0.39, 0.29) is 18.1 Å². The van der Waals surface area contributed by atoms with E-state index >= 15 is 0 Å². The van der Waals surface area contributed by atoms with Crippen LogP contribution in [0.3, 0.4) is 0 Å². The van der Waals surface area contributed by atoms with Gasteiger partial charge in [0.1, 0.15) is 11.5 Å². The predicted molar refractivity (Wildman–Crippen MR) is 86.4 cm³/mol. The summed E-state index contributed by atoms with van der Waals surface area (Å²) in [7, 11) is 0. The van der Waals surface area contributed by atoms with Crippen LogP contribution >= 0.6 is 0 Å². The number of ether oxygens (including phenoxy) is 2. The zero-order valence-electron chi connectivity index (χ0n) is 12.9. The van der Waals surface area contributed by atoms with Crippen molar-refractivity contribution in [1.29, 1.82) is 0 Å². The summed E-state index contributed by atoms with van der Waals surface area (Å²) >= 11 is 0. The fraction of sp³-hybridized carbons (Fsp3) is 0.368. The van der Waals surface area contributed by atoms with Crippen molar-refractivity contribution in [3.05, 3.63) is 60.2 Å². The Balaban J connectivity index is 1.78. The van der Waals surface area contributed by atoms with Crippen molar-refractivity contribution >= 4 is 0 Å². The van der Waals surface area contributed by atoms with Crippen LogP contribution in [-0.4, -0.2) is 24.4 Å². The summed E-state index contributed by atoms with van der Waals surface area (Å²) in [6, 6.07) is 17.7. The van der Waals surface area contributed by atoms with Gasteiger partial charge in [0.25, 0.3) is 0 Å². The van der Waals surface area contributed by atoms with Gasteiger partial charge < -0.3 is 14.6 Å². The van der Waals surface area contributed by atoms with Gasteiger partial charge in [-0.3, -0.25) is 0 Å². The highest BCUT2D eigenvalue weighted by molar-refractivity contribution is 5.36. The van der Waals surface area contributed by atoms with Crippen LogP contribution < -0.4 is 4.74 Å². The maximum atomic E-state index is 9.89. The Hall–Kier alpha value is -1.84. The molecule has 0 saturated carbocycles. The van der Waals surface area contributed by atoms with Gasteiger partial charge in [0.15, 0.2) is 0 Å². The van der Waals surface area contributed by atoms with Gasteiger partial charge in [-0.2, -0.15) is 0 Å². The van der Waals surface area contributed by atoms with Gasteiger partial charge >= 0.3 is 0 Å². The van der Waals surface area contributed by atoms with Crippen molar-refractivity contribution in [2.75, 3.05) is 13.2 Å². The van der Waals surface area contributed by atoms with Gasteiger partial charge in [0.05, 0.1) is 12.7 Å². The normalized spacial score (nSPS) is 20.5. The Morgan fingerprint density at radius 2 is 1.77 bits per heavy atom. The van der Waals surface area contributed by atoms with Crippen LogP contribution in [0.1, 0.15) is 25.3 Å². The maximum absolute atomic E-state index is 9.89. The van der Waals surface area contributed by atoms with Crippen molar-refractivity contribution in [2.24, 2.45) is 0 Å². The fourth-order valence-electron chi connectivity index (χ4n) is 2.99. The van der Waals surface area contributed by atoms with Crippen LogP contribution in [0.5, 0.6) is 11.5 Å². The minimum atomic E-state index is -0.359. The van der Waals surface area contributed by atoms with E-state index in [0.717, 1.165) is 36.5 Å². The molecule has 1 aliphatic rings. The first kappa shape index (κ1) is 15.1. The number of benzene rings is 2. The van der Waals surface area contributed by atoms with Crippen molar-refractivity contribution in [3.63, 3.8) is 0 Å². The number of para-hydroxylation sites is 1. The van der Waals surface area contributed by atoms with Gasteiger partial charge in [-0.05, 0) is 42.7 Å². The highest BCUT2D eigenvalue weighted by atomic mass is 16.5. The van der Waals surface area contributed by atoms with Gasteiger partial charge in [-0.1, -0.05) is 37.3 Å². The number of aliphatic hydroxyl groups is 1. The molecule has 0 amide bonds. The van der Waals surface area contributed by atoms with Gasteiger partial charge in [-0.15, -0.1) is 0 Å². The van der Waals surface area contributed by atoms with Crippen LogP contribution in [0.4, 0.5) is 0 Å². The molecule has 3 heteroatoms. The lowest BCUT2D eigenvalue weighted by atomic mass is 9.77. The highest BCUT2D eigenvalue weighted by Gasteiger charge is 2.38. The van der Waals surface area contributed by atoms with E-state index in [4.69, 9.17) is 9.47 Å². The topological polar surface area (TPSA) is 38.7 Å². The Bertz CT molecular complexity index is 588. The quantitative estimate of drug-likeness (QED) is 0.909. The second kappa shape index (κ2) is 6.51. The molecule has 0 aliphatic carbocycles. The lowest BCUT2D eigenvalue weighted by molar-refractivity contribution is 0.0214. The fourth-order valence-corrected chi connectivity index (χ4v) is 2.99. The summed E-state index contributed by atoms with van der Waals surface area (Å²) in [5, 5.41) is 9.89. The van der Waals surface area contributed by atoms with Crippen LogP contribution in [0.25, 0.3) is 0 Å². The Kier molecular flexibility index (Phi) is 4.46. The van der Waals surface area contributed by atoms with Crippen molar-refractivity contribution in [2.45, 2.75) is 31.3 Å². The molecule has 1 heterocycles. The third-order valence-corrected chi connectivity index (χ3v) is 4.46. The third kappa shape index (κ3) is 3.01. The molecule has 2 aromatic rings. The van der Waals surface area contributed by atoms with E-state index in [2.05, 4.69) is 6.92 Å². The maximum Gasteiger partial charge on any atom is 0.127 e. The second-order valence-corrected chi connectivity index (χ2v) is 6.02. The lowest BCUT2D eigenvalue weighted by Crippen LogP contribution is -2.39. The minimum absolute atomic E-state index is 0.0799.